The van der Waals surface area contributed by atoms with E-state index in [9.17, 15) is 0 Å². The Balaban J connectivity index is 1.60. The second-order valence-corrected chi connectivity index (χ2v) is 25.3. The van der Waals surface area contributed by atoms with Crippen molar-refractivity contribution in [2.24, 2.45) is 0 Å². The predicted molar refractivity (Wildman–Crippen MR) is 259 cm³/mol. The average molecular weight is 946 g/mol. The van der Waals surface area contributed by atoms with E-state index in [1.807, 2.05) is 0 Å². The fourth-order valence-corrected chi connectivity index (χ4v) is 18.3. The van der Waals surface area contributed by atoms with Gasteiger partial charge in [0, 0.05) is 0 Å². The zero-order chi connectivity index (χ0) is 42.3. The average Bonchev–Trinajstić information content (AvgIpc) is 3.92. The fraction of sp³-hybridized carbons (Fsp3) is 0.255. The van der Waals surface area contributed by atoms with Crippen molar-refractivity contribution in [2.45, 2.75) is 88.7 Å². The van der Waals surface area contributed by atoms with Gasteiger partial charge in [-0.15, -0.1) is 0 Å². The second-order valence-electron chi connectivity index (χ2n) is 18.3. The van der Waals surface area contributed by atoms with Crippen LogP contribution in [-0.2, 0) is 62.0 Å². The minimum atomic E-state index is -3.34. The molecule has 0 bridgehead atoms. The molecule has 0 unspecified atom stereocenters. The van der Waals surface area contributed by atoms with Crippen LogP contribution in [0.1, 0.15) is 104 Å². The summed E-state index contributed by atoms with van der Waals surface area (Å²) in [7, 11) is 0. The number of rotatable bonds is 10. The number of fused-ring (bicyclic) bond motifs is 3. The van der Waals surface area contributed by atoms with Crippen LogP contribution >= 0.6 is 46.4 Å². The van der Waals surface area contributed by atoms with Crippen molar-refractivity contribution >= 4 is 52.9 Å². The van der Waals surface area contributed by atoms with E-state index < -0.39 is 21.3 Å². The van der Waals surface area contributed by atoms with Crippen molar-refractivity contribution in [1.82, 2.24) is 0 Å². The maximum absolute atomic E-state index is 6.71. The molecule has 0 aliphatic heterocycles. The third-order valence-corrected chi connectivity index (χ3v) is 20.9. The molecule has 0 N–H and O–H groups in total. The standard InChI is InChI=1S/C33H33.C17H14Cl4.C5H5.Zr/c1-32(2,3)30-20-26-24(18-28(30)22-13-9-7-10-14-22)17-25-19-29(23-15-11-8-12-16-23)31(21-27(25)26)33(4,5)6;18-8-14-2-12(3-15(6-14)9-19)1-13-4-16(10-20)7-17(5-13)11-21;1-2-4-5-3-1;/h7-16,18,20-21H,17H2,1-6H3;2-7H,8-11H2;1-3H,4H2;. The van der Waals surface area contributed by atoms with E-state index in [-0.39, 0.29) is 10.8 Å². The second kappa shape index (κ2) is 17.8. The summed E-state index contributed by atoms with van der Waals surface area (Å²) in [5.41, 5.74) is 20.1. The fourth-order valence-electron chi connectivity index (χ4n) is 9.29. The molecule has 0 nitrogen and oxygen atoms in total. The molecule has 304 valence electrons. The Morgan fingerprint density at radius 3 is 1.52 bits per heavy atom. The predicted octanol–water partition coefficient (Wildman–Crippen LogP) is 15.5. The van der Waals surface area contributed by atoms with Gasteiger partial charge in [-0.05, 0) is 0 Å². The number of hydrogen-bond donors (Lipinski definition) is 0. The van der Waals surface area contributed by atoms with Gasteiger partial charge in [0.2, 0.25) is 0 Å². The van der Waals surface area contributed by atoms with E-state index >= 15 is 0 Å². The molecule has 2 aliphatic carbocycles. The third kappa shape index (κ3) is 8.57. The van der Waals surface area contributed by atoms with E-state index in [4.69, 9.17) is 46.4 Å². The van der Waals surface area contributed by atoms with Crippen molar-refractivity contribution in [1.29, 1.82) is 0 Å². The van der Waals surface area contributed by atoms with Crippen LogP contribution in [0.4, 0.5) is 0 Å². The van der Waals surface area contributed by atoms with Crippen LogP contribution < -0.4 is 3.27 Å². The molecule has 5 heteroatoms. The third-order valence-electron chi connectivity index (χ3n) is 12.0. The van der Waals surface area contributed by atoms with Crippen LogP contribution in [0, 0.1) is 0 Å². The number of benzene rings is 6. The molecule has 0 aromatic heterocycles. The van der Waals surface area contributed by atoms with Gasteiger partial charge in [0.15, 0.2) is 0 Å². The molecule has 0 spiro atoms. The molecule has 0 saturated carbocycles. The van der Waals surface area contributed by atoms with Gasteiger partial charge in [0.05, 0.1) is 0 Å². The Morgan fingerprint density at radius 2 is 1.05 bits per heavy atom. The van der Waals surface area contributed by atoms with Crippen molar-refractivity contribution < 1.29 is 21.3 Å². The van der Waals surface area contributed by atoms with Gasteiger partial charge in [-0.25, -0.2) is 0 Å². The zero-order valence-corrected chi connectivity index (χ0v) is 40.9. The van der Waals surface area contributed by atoms with E-state index in [1.165, 1.54) is 70.0 Å². The van der Waals surface area contributed by atoms with Gasteiger partial charge >= 0.3 is 389 Å². The Kier molecular flexibility index (Phi) is 12.9. The van der Waals surface area contributed by atoms with Crippen LogP contribution in [0.15, 0.2) is 137 Å². The summed E-state index contributed by atoms with van der Waals surface area (Å²) in [4.78, 5) is 0. The number of allylic oxidation sites excluding steroid dienone is 4. The van der Waals surface area contributed by atoms with Crippen molar-refractivity contribution in [2.75, 3.05) is 0 Å². The monoisotopic (exact) mass is 942 g/mol. The molecule has 8 rings (SSSR count). The first kappa shape index (κ1) is 43.4. The first-order valence-electron chi connectivity index (χ1n) is 20.9. The molecule has 0 atom stereocenters. The molecule has 0 heterocycles. The van der Waals surface area contributed by atoms with Gasteiger partial charge in [0.1, 0.15) is 0 Å². The van der Waals surface area contributed by atoms with Crippen molar-refractivity contribution in [3.63, 3.8) is 0 Å². The summed E-state index contributed by atoms with van der Waals surface area (Å²) < 4.78 is 4.51. The van der Waals surface area contributed by atoms with E-state index in [1.54, 1.807) is 6.55 Å². The first-order chi connectivity index (χ1) is 28.8. The summed E-state index contributed by atoms with van der Waals surface area (Å²) in [6.45, 7) is 14.2. The van der Waals surface area contributed by atoms with Crippen LogP contribution in [-0.4, -0.2) is 3.21 Å². The molecule has 0 amide bonds. The molecular weight excluding hydrogens is 894 g/mol. The van der Waals surface area contributed by atoms with E-state index in [0.717, 1.165) is 35.1 Å². The summed E-state index contributed by atoms with van der Waals surface area (Å²) in [5.74, 6) is 1.62. The summed E-state index contributed by atoms with van der Waals surface area (Å²) >= 11 is 23.5. The molecule has 0 radical (unpaired) electrons. The van der Waals surface area contributed by atoms with Gasteiger partial charge < -0.3 is 0 Å². The minimum absolute atomic E-state index is 0.0635. The zero-order valence-electron chi connectivity index (χ0n) is 35.5. The Labute approximate surface area is 385 Å². The summed E-state index contributed by atoms with van der Waals surface area (Å²) in [6.07, 6.45) is 8.86. The van der Waals surface area contributed by atoms with Crippen LogP contribution in [0.3, 0.4) is 0 Å². The number of hydrogen-bond acceptors (Lipinski definition) is 0. The van der Waals surface area contributed by atoms with Gasteiger partial charge in [-0.2, -0.15) is 0 Å². The van der Waals surface area contributed by atoms with Gasteiger partial charge in [-0.3, -0.25) is 0 Å². The normalized spacial score (nSPS) is 13.3. The molecule has 2 aliphatic rings. The quantitative estimate of drug-likeness (QED) is 0.120. The van der Waals surface area contributed by atoms with Gasteiger partial charge in [-0.1, -0.05) is 0 Å². The topological polar surface area (TPSA) is 0 Å². The Hall–Kier alpha value is -3.29. The van der Waals surface area contributed by atoms with Crippen molar-refractivity contribution in [3.8, 4) is 33.4 Å². The van der Waals surface area contributed by atoms with Crippen LogP contribution in [0.5, 0.6) is 0 Å². The molecular formula is C55H52Cl4Zr. The Morgan fingerprint density at radius 1 is 0.550 bits per heavy atom. The van der Waals surface area contributed by atoms with Crippen molar-refractivity contribution in [3.05, 3.63) is 192 Å². The Bertz CT molecular complexity index is 2590. The number of halogens is 4. The maximum atomic E-state index is 6.71. The molecule has 6 aromatic rings. The molecule has 0 saturated heterocycles. The van der Waals surface area contributed by atoms with Gasteiger partial charge in [0.25, 0.3) is 0 Å². The van der Waals surface area contributed by atoms with Crippen LogP contribution in [0.25, 0.3) is 33.4 Å². The van der Waals surface area contributed by atoms with E-state index in [2.05, 4.69) is 175 Å². The molecule has 6 aromatic carbocycles. The van der Waals surface area contributed by atoms with E-state index in [0.29, 0.717) is 23.5 Å². The van der Waals surface area contributed by atoms with Crippen LogP contribution in [0.2, 0.25) is 0 Å². The molecule has 0 fully saturated rings. The number of alkyl halides is 4. The molecule has 60 heavy (non-hydrogen) atoms. The SMILES string of the molecule is CC(C)(C)c1cc2c(cc1-c1ccccc1)Cc1c-2cc(C(C)(C)C)c(-c2ccccc2)[c]1[Zr]([C]1=CC=CC1)=[C](c1cc(CCl)cc(CCl)c1)c1cc(CCl)cc(CCl)c1. The summed E-state index contributed by atoms with van der Waals surface area (Å²) in [6, 6.07) is 43.4. The first-order valence-corrected chi connectivity index (χ1v) is 26.8. The summed E-state index contributed by atoms with van der Waals surface area (Å²) in [5, 5.41) is 0.